The van der Waals surface area contributed by atoms with Crippen molar-refractivity contribution in [2.75, 3.05) is 18.6 Å². The van der Waals surface area contributed by atoms with Crippen LogP contribution in [0, 0.1) is 5.82 Å². The molecule has 11 heteroatoms. The van der Waals surface area contributed by atoms with Crippen molar-refractivity contribution in [2.24, 2.45) is 5.73 Å². The molecule has 160 valence electrons. The molecule has 1 aliphatic rings. The van der Waals surface area contributed by atoms with E-state index in [-0.39, 0.29) is 33.3 Å². The first-order valence-electron chi connectivity index (χ1n) is 8.67. The number of nitrogens with zero attached hydrogens (tertiary/aromatic N) is 1. The first-order chi connectivity index (χ1) is 14.7. The predicted octanol–water partition coefficient (Wildman–Crippen LogP) is 2.02. The van der Waals surface area contributed by atoms with Crippen molar-refractivity contribution >= 4 is 47.1 Å². The quantitative estimate of drug-likeness (QED) is 0.515. The number of nitrogens with one attached hydrogen (secondary N) is 1. The molecule has 0 aromatic heterocycles. The molecule has 1 fully saturated rings. The summed E-state index contributed by atoms with van der Waals surface area (Å²) >= 11 is 6.18. The van der Waals surface area contributed by atoms with E-state index < -0.39 is 36.2 Å². The summed E-state index contributed by atoms with van der Waals surface area (Å²) in [6, 6.07) is 6.41. The van der Waals surface area contributed by atoms with E-state index in [1.807, 2.05) is 0 Å². The normalized spacial score (nSPS) is 15.1. The van der Waals surface area contributed by atoms with Gasteiger partial charge in [-0.25, -0.2) is 14.1 Å². The van der Waals surface area contributed by atoms with Crippen molar-refractivity contribution in [1.29, 1.82) is 0 Å². The molecule has 3 rings (SSSR count). The fourth-order valence-electron chi connectivity index (χ4n) is 2.76. The van der Waals surface area contributed by atoms with Gasteiger partial charge in [-0.2, -0.15) is 0 Å². The molecule has 31 heavy (non-hydrogen) atoms. The fraction of sp³-hybridized carbons (Fsp3) is 0.100. The molecule has 0 aliphatic carbocycles. The number of hydrogen-bond acceptors (Lipinski definition) is 6. The zero-order valence-corrected chi connectivity index (χ0v) is 16.7. The van der Waals surface area contributed by atoms with Gasteiger partial charge in [0, 0.05) is 0 Å². The number of primary amides is 1. The topological polar surface area (TPSA) is 128 Å². The molecule has 1 aliphatic heterocycles. The molecule has 1 heterocycles. The van der Waals surface area contributed by atoms with E-state index >= 15 is 0 Å². The molecular weight excluding hydrogens is 433 g/mol. The predicted molar refractivity (Wildman–Crippen MR) is 108 cm³/mol. The number of carbonyl (C=O) groups excluding carboxylic acids is 4. The monoisotopic (exact) mass is 447 g/mol. The summed E-state index contributed by atoms with van der Waals surface area (Å²) in [4.78, 5) is 49.0. The molecule has 2 aromatic carbocycles. The molecular formula is C20H15ClFN3O6. The lowest BCUT2D eigenvalue weighted by molar-refractivity contribution is -0.123. The van der Waals surface area contributed by atoms with Crippen molar-refractivity contribution in [3.05, 3.63) is 58.4 Å². The Morgan fingerprint density at radius 3 is 2.52 bits per heavy atom. The zero-order valence-electron chi connectivity index (χ0n) is 16.0. The van der Waals surface area contributed by atoms with Crippen LogP contribution >= 0.6 is 11.6 Å². The van der Waals surface area contributed by atoms with Crippen molar-refractivity contribution < 1.29 is 33.0 Å². The second-order valence-electron chi connectivity index (χ2n) is 6.22. The minimum absolute atomic E-state index is 0.0302. The van der Waals surface area contributed by atoms with Gasteiger partial charge in [0.2, 0.25) is 0 Å². The van der Waals surface area contributed by atoms with Crippen molar-refractivity contribution in [2.45, 2.75) is 0 Å². The zero-order chi connectivity index (χ0) is 22.7. The number of benzene rings is 2. The van der Waals surface area contributed by atoms with Gasteiger partial charge in [0.25, 0.3) is 17.7 Å². The molecule has 5 amide bonds. The molecule has 0 bridgehead atoms. The number of imide groups is 2. The molecule has 0 atom stereocenters. The van der Waals surface area contributed by atoms with Crippen LogP contribution < -0.4 is 25.4 Å². The van der Waals surface area contributed by atoms with Crippen LogP contribution in [0.2, 0.25) is 5.02 Å². The highest BCUT2D eigenvalue weighted by molar-refractivity contribution is 6.39. The molecule has 3 N–H and O–H groups in total. The molecule has 0 saturated carbocycles. The van der Waals surface area contributed by atoms with Crippen LogP contribution in [0.4, 0.5) is 14.9 Å². The Morgan fingerprint density at radius 2 is 1.90 bits per heavy atom. The Morgan fingerprint density at radius 1 is 1.23 bits per heavy atom. The van der Waals surface area contributed by atoms with E-state index in [1.54, 1.807) is 0 Å². The van der Waals surface area contributed by atoms with Crippen LogP contribution in [0.25, 0.3) is 6.08 Å². The number of rotatable bonds is 6. The van der Waals surface area contributed by atoms with Crippen LogP contribution in [0.15, 0.2) is 42.0 Å². The lowest BCUT2D eigenvalue weighted by Crippen LogP contribution is -2.54. The third-order valence-electron chi connectivity index (χ3n) is 4.11. The Kier molecular flexibility index (Phi) is 6.21. The van der Waals surface area contributed by atoms with E-state index in [9.17, 15) is 23.6 Å². The van der Waals surface area contributed by atoms with Gasteiger partial charge in [0.05, 0.1) is 17.8 Å². The Balaban J connectivity index is 1.99. The number of nitrogens with two attached hydrogens (primary N) is 1. The van der Waals surface area contributed by atoms with Crippen LogP contribution in [0.3, 0.4) is 0 Å². The lowest BCUT2D eigenvalue weighted by Gasteiger charge is -2.26. The summed E-state index contributed by atoms with van der Waals surface area (Å²) in [6.07, 6.45) is 1.20. The summed E-state index contributed by atoms with van der Waals surface area (Å²) in [7, 11) is 1.33. The number of barbiturate groups is 1. The summed E-state index contributed by atoms with van der Waals surface area (Å²) in [5.74, 6) is -2.94. The van der Waals surface area contributed by atoms with Gasteiger partial charge in [0.15, 0.2) is 18.1 Å². The average molecular weight is 448 g/mol. The Labute approximate surface area is 180 Å². The van der Waals surface area contributed by atoms with Crippen LogP contribution in [0.1, 0.15) is 5.56 Å². The first-order valence-corrected chi connectivity index (χ1v) is 9.04. The lowest BCUT2D eigenvalue weighted by atomic mass is 10.1. The van der Waals surface area contributed by atoms with Gasteiger partial charge in [-0.1, -0.05) is 11.6 Å². The smallest absolute Gasteiger partial charge is 0.335 e. The third kappa shape index (κ3) is 4.64. The minimum Gasteiger partial charge on any atom is -0.493 e. The number of halogens is 2. The highest BCUT2D eigenvalue weighted by atomic mass is 35.5. The summed E-state index contributed by atoms with van der Waals surface area (Å²) < 4.78 is 23.6. The van der Waals surface area contributed by atoms with Gasteiger partial charge < -0.3 is 15.2 Å². The molecule has 0 spiro atoms. The maximum absolute atomic E-state index is 13.2. The van der Waals surface area contributed by atoms with E-state index in [0.717, 1.165) is 12.1 Å². The highest BCUT2D eigenvalue weighted by Crippen LogP contribution is 2.37. The second-order valence-corrected chi connectivity index (χ2v) is 6.63. The molecule has 2 aromatic rings. The second kappa shape index (κ2) is 8.84. The van der Waals surface area contributed by atoms with Gasteiger partial charge >= 0.3 is 6.03 Å². The first kappa shape index (κ1) is 21.8. The number of methoxy groups -OCH3 is 1. The van der Waals surface area contributed by atoms with Gasteiger partial charge in [-0.05, 0) is 48.0 Å². The van der Waals surface area contributed by atoms with Crippen LogP contribution in [-0.2, 0) is 14.4 Å². The SMILES string of the molecule is COc1cc(/C=C2\C(=O)NC(=O)N(c3ccc(F)cc3)C2=O)cc(Cl)c1OCC(N)=O. The third-order valence-corrected chi connectivity index (χ3v) is 4.39. The van der Waals surface area contributed by atoms with Gasteiger partial charge in [0.1, 0.15) is 11.4 Å². The maximum atomic E-state index is 13.2. The van der Waals surface area contributed by atoms with Crippen molar-refractivity contribution in [3.63, 3.8) is 0 Å². The summed E-state index contributed by atoms with van der Waals surface area (Å²) in [5, 5.41) is 2.09. The van der Waals surface area contributed by atoms with Gasteiger partial charge in [-0.3, -0.25) is 19.7 Å². The Hall–Kier alpha value is -3.92. The molecule has 0 radical (unpaired) electrons. The average Bonchev–Trinajstić information content (AvgIpc) is 2.71. The highest BCUT2D eigenvalue weighted by Gasteiger charge is 2.36. The molecule has 9 nitrogen and oxygen atoms in total. The minimum atomic E-state index is -0.968. The number of urea groups is 1. The number of anilines is 1. The maximum Gasteiger partial charge on any atom is 0.335 e. The van der Waals surface area contributed by atoms with Gasteiger partial charge in [-0.15, -0.1) is 0 Å². The fourth-order valence-corrected chi connectivity index (χ4v) is 3.03. The van der Waals surface area contributed by atoms with E-state index in [4.69, 9.17) is 26.8 Å². The van der Waals surface area contributed by atoms with Crippen LogP contribution in [-0.4, -0.2) is 37.5 Å². The number of carbonyl (C=O) groups is 4. The summed E-state index contributed by atoms with van der Waals surface area (Å²) in [6.45, 7) is -0.438. The van der Waals surface area contributed by atoms with E-state index in [0.29, 0.717) is 4.90 Å². The van der Waals surface area contributed by atoms with Crippen LogP contribution in [0.5, 0.6) is 11.5 Å². The van der Waals surface area contributed by atoms with E-state index in [2.05, 4.69) is 5.32 Å². The summed E-state index contributed by atoms with van der Waals surface area (Å²) in [5.41, 5.74) is 5.04. The molecule has 0 unspecified atom stereocenters. The molecule has 1 saturated heterocycles. The van der Waals surface area contributed by atoms with E-state index in [1.165, 1.54) is 37.5 Å². The number of ether oxygens (including phenoxy) is 2. The Bertz CT molecular complexity index is 1120. The standard InChI is InChI=1S/C20H15ClFN3O6/c1-30-15-8-10(7-14(21)17(15)31-9-16(23)26)6-13-18(27)24-20(29)25(19(13)28)12-4-2-11(22)3-5-12/h2-8H,9H2,1H3,(H2,23,26)(H,24,27,29)/b13-6+. The number of hydrogen-bond donors (Lipinski definition) is 2. The number of amides is 5. The van der Waals surface area contributed by atoms with Crippen molar-refractivity contribution in [1.82, 2.24) is 5.32 Å². The largest absolute Gasteiger partial charge is 0.493 e. The van der Waals surface area contributed by atoms with Crippen molar-refractivity contribution in [3.8, 4) is 11.5 Å².